The van der Waals surface area contributed by atoms with Gasteiger partial charge in [0.25, 0.3) is 5.69 Å². The molecule has 1 aromatic carbocycles. The van der Waals surface area contributed by atoms with Crippen LogP contribution in [0, 0.1) is 17.0 Å². The van der Waals surface area contributed by atoms with Crippen molar-refractivity contribution in [1.29, 1.82) is 0 Å². The van der Waals surface area contributed by atoms with Crippen molar-refractivity contribution in [3.63, 3.8) is 0 Å². The standard InChI is InChI=1S/C10H9N3O3/c1-7-6-10(14)12(11-7)8-2-4-9(5-3-8)13(15)16/h2-6,14H,1H3. The van der Waals surface area contributed by atoms with E-state index in [9.17, 15) is 15.2 Å². The lowest BCUT2D eigenvalue weighted by Gasteiger charge is -2.01. The van der Waals surface area contributed by atoms with Gasteiger partial charge in [-0.1, -0.05) is 0 Å². The Kier molecular flexibility index (Phi) is 2.32. The molecule has 1 N–H and O–H groups in total. The third-order valence-electron chi connectivity index (χ3n) is 2.12. The minimum Gasteiger partial charge on any atom is -0.493 e. The Hall–Kier alpha value is -2.37. The van der Waals surface area contributed by atoms with E-state index in [-0.39, 0.29) is 11.6 Å². The summed E-state index contributed by atoms with van der Waals surface area (Å²) in [7, 11) is 0. The summed E-state index contributed by atoms with van der Waals surface area (Å²) in [5.41, 5.74) is 1.26. The van der Waals surface area contributed by atoms with Crippen LogP contribution in [0.4, 0.5) is 5.69 Å². The lowest BCUT2D eigenvalue weighted by atomic mass is 10.3. The molecule has 0 aliphatic carbocycles. The van der Waals surface area contributed by atoms with Crippen molar-refractivity contribution in [3.05, 3.63) is 46.1 Å². The Bertz CT molecular complexity index is 531. The average Bonchev–Trinajstić information content (AvgIpc) is 2.58. The van der Waals surface area contributed by atoms with E-state index >= 15 is 0 Å². The van der Waals surface area contributed by atoms with Gasteiger partial charge in [0.15, 0.2) is 0 Å². The number of hydrogen-bond donors (Lipinski definition) is 1. The number of nitrogens with zero attached hydrogens (tertiary/aromatic N) is 3. The van der Waals surface area contributed by atoms with Crippen LogP contribution < -0.4 is 0 Å². The Morgan fingerprint density at radius 1 is 1.38 bits per heavy atom. The van der Waals surface area contributed by atoms with Crippen LogP contribution >= 0.6 is 0 Å². The van der Waals surface area contributed by atoms with Crippen molar-refractivity contribution in [2.75, 3.05) is 0 Å². The number of benzene rings is 1. The molecule has 0 atom stereocenters. The molecular formula is C10H9N3O3. The smallest absolute Gasteiger partial charge is 0.269 e. The molecule has 0 spiro atoms. The van der Waals surface area contributed by atoms with Crippen molar-refractivity contribution in [2.45, 2.75) is 6.92 Å². The van der Waals surface area contributed by atoms with Crippen LogP contribution in [-0.2, 0) is 0 Å². The largest absolute Gasteiger partial charge is 0.493 e. The van der Waals surface area contributed by atoms with Crippen LogP contribution in [0.5, 0.6) is 5.88 Å². The summed E-state index contributed by atoms with van der Waals surface area (Å²) in [5, 5.41) is 24.0. The average molecular weight is 219 g/mol. The maximum Gasteiger partial charge on any atom is 0.269 e. The van der Waals surface area contributed by atoms with Gasteiger partial charge in [0.05, 0.1) is 16.3 Å². The summed E-state index contributed by atoms with van der Waals surface area (Å²) >= 11 is 0. The summed E-state index contributed by atoms with van der Waals surface area (Å²) < 4.78 is 1.32. The molecule has 1 aromatic heterocycles. The van der Waals surface area contributed by atoms with Crippen LogP contribution in [0.25, 0.3) is 5.69 Å². The number of rotatable bonds is 2. The Labute approximate surface area is 90.9 Å². The number of non-ortho nitro benzene ring substituents is 1. The molecule has 0 bridgehead atoms. The van der Waals surface area contributed by atoms with Gasteiger partial charge in [0.1, 0.15) is 0 Å². The molecule has 0 amide bonds. The van der Waals surface area contributed by atoms with Gasteiger partial charge in [-0.3, -0.25) is 10.1 Å². The van der Waals surface area contributed by atoms with Gasteiger partial charge in [0, 0.05) is 18.2 Å². The predicted molar refractivity (Wildman–Crippen MR) is 56.6 cm³/mol. The normalized spacial score (nSPS) is 10.3. The number of aryl methyl sites for hydroxylation is 1. The molecule has 2 aromatic rings. The highest BCUT2D eigenvalue weighted by molar-refractivity contribution is 5.42. The lowest BCUT2D eigenvalue weighted by molar-refractivity contribution is -0.384. The second kappa shape index (κ2) is 3.65. The molecule has 0 unspecified atom stereocenters. The molecule has 6 heteroatoms. The predicted octanol–water partition coefficient (Wildman–Crippen LogP) is 1.79. The van der Waals surface area contributed by atoms with Crippen molar-refractivity contribution < 1.29 is 10.0 Å². The highest BCUT2D eigenvalue weighted by Crippen LogP contribution is 2.20. The third kappa shape index (κ3) is 1.72. The number of hydrogen-bond acceptors (Lipinski definition) is 4. The van der Waals surface area contributed by atoms with Crippen molar-refractivity contribution in [2.24, 2.45) is 0 Å². The topological polar surface area (TPSA) is 81.2 Å². The summed E-state index contributed by atoms with van der Waals surface area (Å²) in [4.78, 5) is 9.98. The summed E-state index contributed by atoms with van der Waals surface area (Å²) in [5.74, 6) is 0.00588. The van der Waals surface area contributed by atoms with Crippen molar-refractivity contribution in [3.8, 4) is 11.6 Å². The molecule has 0 aliphatic rings. The van der Waals surface area contributed by atoms with E-state index in [1.54, 1.807) is 6.92 Å². The molecule has 0 radical (unpaired) electrons. The Balaban J connectivity index is 2.42. The van der Waals surface area contributed by atoms with E-state index in [1.807, 2.05) is 0 Å². The fourth-order valence-corrected chi connectivity index (χ4v) is 1.39. The van der Waals surface area contributed by atoms with Gasteiger partial charge in [-0.2, -0.15) is 5.10 Å². The van der Waals surface area contributed by atoms with Crippen LogP contribution in [-0.4, -0.2) is 19.8 Å². The first-order valence-electron chi connectivity index (χ1n) is 4.58. The van der Waals surface area contributed by atoms with Gasteiger partial charge >= 0.3 is 0 Å². The molecule has 0 fully saturated rings. The van der Waals surface area contributed by atoms with E-state index in [0.29, 0.717) is 11.4 Å². The monoisotopic (exact) mass is 219 g/mol. The van der Waals surface area contributed by atoms with Gasteiger partial charge < -0.3 is 5.11 Å². The molecular weight excluding hydrogens is 210 g/mol. The Morgan fingerprint density at radius 3 is 2.44 bits per heavy atom. The zero-order valence-electron chi connectivity index (χ0n) is 8.49. The summed E-state index contributed by atoms with van der Waals surface area (Å²) in [6, 6.07) is 7.31. The van der Waals surface area contributed by atoms with E-state index in [0.717, 1.165) is 0 Å². The van der Waals surface area contributed by atoms with Gasteiger partial charge in [-0.15, -0.1) is 0 Å². The van der Waals surface area contributed by atoms with Crippen LogP contribution in [0.1, 0.15) is 5.69 Å². The second-order valence-electron chi connectivity index (χ2n) is 3.33. The molecule has 82 valence electrons. The first kappa shape index (κ1) is 10.2. The van der Waals surface area contributed by atoms with E-state index < -0.39 is 4.92 Å². The number of nitro benzene ring substituents is 1. The quantitative estimate of drug-likeness (QED) is 0.616. The fraction of sp³-hybridized carbons (Fsp3) is 0.100. The van der Waals surface area contributed by atoms with E-state index in [4.69, 9.17) is 0 Å². The van der Waals surface area contributed by atoms with Gasteiger partial charge in [-0.25, -0.2) is 4.68 Å². The summed E-state index contributed by atoms with van der Waals surface area (Å²) in [6.07, 6.45) is 0. The maximum atomic E-state index is 10.5. The molecule has 16 heavy (non-hydrogen) atoms. The zero-order valence-corrected chi connectivity index (χ0v) is 8.49. The van der Waals surface area contributed by atoms with Crippen LogP contribution in [0.15, 0.2) is 30.3 Å². The van der Waals surface area contributed by atoms with Crippen molar-refractivity contribution in [1.82, 2.24) is 9.78 Å². The van der Waals surface area contributed by atoms with Crippen molar-refractivity contribution >= 4 is 5.69 Å². The highest BCUT2D eigenvalue weighted by atomic mass is 16.6. The minimum absolute atomic E-state index is 0.00588. The lowest BCUT2D eigenvalue weighted by Crippen LogP contribution is -1.96. The summed E-state index contributed by atoms with van der Waals surface area (Å²) in [6.45, 7) is 1.75. The molecule has 0 saturated carbocycles. The molecule has 1 heterocycles. The number of nitro groups is 1. The van der Waals surface area contributed by atoms with E-state index in [2.05, 4.69) is 5.10 Å². The Morgan fingerprint density at radius 2 is 2.00 bits per heavy atom. The molecule has 0 aliphatic heterocycles. The number of aromatic hydroxyl groups is 1. The van der Waals surface area contributed by atoms with Crippen LogP contribution in [0.2, 0.25) is 0 Å². The first-order chi connectivity index (χ1) is 7.58. The first-order valence-corrected chi connectivity index (χ1v) is 4.58. The van der Waals surface area contributed by atoms with Gasteiger partial charge in [0.2, 0.25) is 5.88 Å². The molecule has 2 rings (SSSR count). The zero-order chi connectivity index (χ0) is 11.7. The minimum atomic E-state index is -0.474. The van der Waals surface area contributed by atoms with Crippen LogP contribution in [0.3, 0.4) is 0 Å². The third-order valence-corrected chi connectivity index (χ3v) is 2.12. The second-order valence-corrected chi connectivity index (χ2v) is 3.33. The number of aromatic nitrogens is 2. The van der Waals surface area contributed by atoms with E-state index in [1.165, 1.54) is 35.0 Å². The van der Waals surface area contributed by atoms with Gasteiger partial charge in [-0.05, 0) is 19.1 Å². The fourth-order valence-electron chi connectivity index (χ4n) is 1.39. The maximum absolute atomic E-state index is 10.5. The molecule has 6 nitrogen and oxygen atoms in total. The molecule has 0 saturated heterocycles. The highest BCUT2D eigenvalue weighted by Gasteiger charge is 2.08. The SMILES string of the molecule is Cc1cc(O)n(-c2ccc([N+](=O)[O-])cc2)n1.